The van der Waals surface area contributed by atoms with Crippen molar-refractivity contribution >= 4 is 12.0 Å². The van der Waals surface area contributed by atoms with E-state index in [1.54, 1.807) is 4.90 Å². The van der Waals surface area contributed by atoms with Crippen LogP contribution in [0.4, 0.5) is 4.79 Å². The molecule has 3 rings (SSSR count). The Labute approximate surface area is 154 Å². The first-order valence-electron chi connectivity index (χ1n) is 9.29. The molecule has 6 nitrogen and oxygen atoms in total. The van der Waals surface area contributed by atoms with Gasteiger partial charge in [0.15, 0.2) is 0 Å². The molecule has 1 fully saturated rings. The van der Waals surface area contributed by atoms with Gasteiger partial charge in [-0.2, -0.15) is 0 Å². The third-order valence-corrected chi connectivity index (χ3v) is 4.71. The van der Waals surface area contributed by atoms with Gasteiger partial charge < -0.3 is 14.8 Å². The van der Waals surface area contributed by atoms with Crippen LogP contribution in [0.5, 0.6) is 0 Å². The first-order valence-corrected chi connectivity index (χ1v) is 9.29. The van der Waals surface area contributed by atoms with Crippen LogP contribution in [0.15, 0.2) is 24.3 Å². The minimum atomic E-state index is -0.604. The number of benzene rings is 1. The second-order valence-corrected chi connectivity index (χ2v) is 7.98. The number of fused-ring (bicyclic) bond motifs is 1. The van der Waals surface area contributed by atoms with Gasteiger partial charge in [-0.15, -0.1) is 0 Å². The molecule has 2 aliphatic heterocycles. The lowest BCUT2D eigenvalue weighted by molar-refractivity contribution is -0.127. The van der Waals surface area contributed by atoms with E-state index < -0.39 is 17.7 Å². The second-order valence-electron chi connectivity index (χ2n) is 7.98. The van der Waals surface area contributed by atoms with Gasteiger partial charge in [-0.25, -0.2) is 4.79 Å². The van der Waals surface area contributed by atoms with Gasteiger partial charge in [0.2, 0.25) is 5.91 Å². The maximum atomic E-state index is 12.8. The van der Waals surface area contributed by atoms with Crippen LogP contribution in [0.25, 0.3) is 0 Å². The predicted octanol–water partition coefficient (Wildman–Crippen LogP) is 2.64. The van der Waals surface area contributed by atoms with Crippen molar-refractivity contribution < 1.29 is 19.1 Å². The van der Waals surface area contributed by atoms with Crippen LogP contribution < -0.4 is 5.32 Å². The Morgan fingerprint density at radius 1 is 1.27 bits per heavy atom. The minimum Gasteiger partial charge on any atom is -0.444 e. The fourth-order valence-electron chi connectivity index (χ4n) is 3.41. The Morgan fingerprint density at radius 2 is 2.00 bits per heavy atom. The fraction of sp³-hybridized carbons (Fsp3) is 0.600. The van der Waals surface area contributed by atoms with Crippen LogP contribution in [0.3, 0.4) is 0 Å². The molecule has 2 heterocycles. The topological polar surface area (TPSA) is 67.9 Å². The molecule has 142 valence electrons. The summed E-state index contributed by atoms with van der Waals surface area (Å²) in [6, 6.07) is 7.35. The van der Waals surface area contributed by atoms with Gasteiger partial charge in [-0.3, -0.25) is 9.69 Å². The predicted molar refractivity (Wildman–Crippen MR) is 97.7 cm³/mol. The summed E-state index contributed by atoms with van der Waals surface area (Å²) in [6.07, 6.45) is 2.10. The number of hydrogen-bond donors (Lipinski definition) is 1. The van der Waals surface area contributed by atoms with E-state index in [9.17, 15) is 9.59 Å². The average Bonchev–Trinajstić information content (AvgIpc) is 3.10. The van der Waals surface area contributed by atoms with Gasteiger partial charge in [0.25, 0.3) is 0 Å². The highest BCUT2D eigenvalue weighted by Crippen LogP contribution is 2.25. The van der Waals surface area contributed by atoms with Crippen molar-refractivity contribution in [2.45, 2.75) is 64.3 Å². The highest BCUT2D eigenvalue weighted by Gasteiger charge is 2.37. The molecule has 0 bridgehead atoms. The van der Waals surface area contributed by atoms with Crippen LogP contribution >= 0.6 is 0 Å². The lowest BCUT2D eigenvalue weighted by Gasteiger charge is -2.37. The summed E-state index contributed by atoms with van der Waals surface area (Å²) in [5.74, 6) is -0.152. The van der Waals surface area contributed by atoms with E-state index in [0.29, 0.717) is 19.5 Å². The Kier molecular flexibility index (Phi) is 5.51. The molecule has 0 saturated carbocycles. The Hall–Kier alpha value is -2.08. The minimum absolute atomic E-state index is 0.0739. The van der Waals surface area contributed by atoms with Crippen molar-refractivity contribution in [2.24, 2.45) is 0 Å². The smallest absolute Gasteiger partial charge is 0.411 e. The van der Waals surface area contributed by atoms with E-state index >= 15 is 0 Å². The summed E-state index contributed by atoms with van der Waals surface area (Å²) in [4.78, 5) is 27.1. The molecule has 0 spiro atoms. The van der Waals surface area contributed by atoms with Crippen LogP contribution in [0.1, 0.15) is 44.7 Å². The summed E-state index contributed by atoms with van der Waals surface area (Å²) >= 11 is 0. The zero-order valence-electron chi connectivity index (χ0n) is 15.8. The maximum absolute atomic E-state index is 12.8. The van der Waals surface area contributed by atoms with E-state index in [2.05, 4.69) is 5.32 Å². The summed E-state index contributed by atoms with van der Waals surface area (Å²) in [5, 5.41) is 2.96. The largest absolute Gasteiger partial charge is 0.444 e. The van der Waals surface area contributed by atoms with Crippen LogP contribution in [-0.4, -0.2) is 47.8 Å². The van der Waals surface area contributed by atoms with Gasteiger partial charge in [-0.1, -0.05) is 24.3 Å². The van der Waals surface area contributed by atoms with Gasteiger partial charge in [0, 0.05) is 19.6 Å². The van der Waals surface area contributed by atoms with Gasteiger partial charge in [-0.05, 0) is 44.7 Å². The number of carbonyl (C=O) groups is 2. The van der Waals surface area contributed by atoms with Crippen molar-refractivity contribution in [2.75, 3.05) is 13.2 Å². The Bertz CT molecular complexity index is 662. The second kappa shape index (κ2) is 7.66. The lowest BCUT2D eigenvalue weighted by atomic mass is 9.93. The average molecular weight is 360 g/mol. The molecule has 1 N–H and O–H groups in total. The molecule has 2 aliphatic rings. The van der Waals surface area contributed by atoms with Crippen LogP contribution in [0.2, 0.25) is 0 Å². The van der Waals surface area contributed by atoms with Crippen LogP contribution in [0, 0.1) is 0 Å². The number of nitrogens with one attached hydrogen (secondary N) is 1. The number of hydrogen-bond acceptors (Lipinski definition) is 4. The van der Waals surface area contributed by atoms with E-state index in [4.69, 9.17) is 9.47 Å². The number of carbonyl (C=O) groups excluding carboxylic acids is 2. The van der Waals surface area contributed by atoms with Crippen LogP contribution in [-0.2, 0) is 27.2 Å². The molecule has 0 unspecified atom stereocenters. The normalized spacial score (nSPS) is 22.7. The molecule has 1 saturated heterocycles. The number of rotatable bonds is 3. The molecule has 0 radical (unpaired) electrons. The van der Waals surface area contributed by atoms with Crippen molar-refractivity contribution in [1.29, 1.82) is 0 Å². The standard InChI is InChI=1S/C20H28N2O4/c1-20(2,3)26-19(24)22-13-15-8-5-4-7-14(15)11-17(22)18(23)21-12-16-9-6-10-25-16/h4-5,7-8,16-17H,6,9-13H2,1-3H3,(H,21,23)/t16-,17+/m1/s1. The van der Waals surface area contributed by atoms with E-state index in [-0.39, 0.29) is 12.0 Å². The fourth-order valence-corrected chi connectivity index (χ4v) is 3.41. The SMILES string of the molecule is CC(C)(C)OC(=O)N1Cc2ccccc2C[C@H]1C(=O)NC[C@H]1CCCO1. The molecular weight excluding hydrogens is 332 g/mol. The summed E-state index contributed by atoms with van der Waals surface area (Å²) < 4.78 is 11.1. The molecule has 2 amide bonds. The van der Waals surface area contributed by atoms with Crippen molar-refractivity contribution in [3.63, 3.8) is 0 Å². The first kappa shape index (κ1) is 18.7. The third kappa shape index (κ3) is 4.55. The number of ether oxygens (including phenoxy) is 2. The third-order valence-electron chi connectivity index (χ3n) is 4.71. The Morgan fingerprint density at radius 3 is 2.65 bits per heavy atom. The first-order chi connectivity index (χ1) is 12.3. The molecule has 1 aromatic carbocycles. The summed E-state index contributed by atoms with van der Waals surface area (Å²) in [6.45, 7) is 7.10. The Balaban J connectivity index is 1.74. The number of amides is 2. The van der Waals surface area contributed by atoms with Gasteiger partial charge >= 0.3 is 6.09 Å². The molecule has 0 aromatic heterocycles. The molecule has 6 heteroatoms. The summed E-state index contributed by atoms with van der Waals surface area (Å²) in [7, 11) is 0. The lowest BCUT2D eigenvalue weighted by Crippen LogP contribution is -2.54. The van der Waals surface area contributed by atoms with Crippen molar-refractivity contribution in [1.82, 2.24) is 10.2 Å². The molecule has 1 aromatic rings. The maximum Gasteiger partial charge on any atom is 0.411 e. The van der Waals surface area contributed by atoms with E-state index in [0.717, 1.165) is 30.6 Å². The quantitative estimate of drug-likeness (QED) is 0.900. The number of nitrogens with zero attached hydrogens (tertiary/aromatic N) is 1. The van der Waals surface area contributed by atoms with Gasteiger partial charge in [0.05, 0.1) is 12.6 Å². The summed E-state index contributed by atoms with van der Waals surface area (Å²) in [5.41, 5.74) is 1.55. The molecule has 26 heavy (non-hydrogen) atoms. The van der Waals surface area contributed by atoms with Crippen molar-refractivity contribution in [3.8, 4) is 0 Å². The molecular formula is C20H28N2O4. The molecule has 0 aliphatic carbocycles. The van der Waals surface area contributed by atoms with Crippen molar-refractivity contribution in [3.05, 3.63) is 35.4 Å². The van der Waals surface area contributed by atoms with Gasteiger partial charge in [0.1, 0.15) is 11.6 Å². The zero-order valence-corrected chi connectivity index (χ0v) is 15.8. The highest BCUT2D eigenvalue weighted by molar-refractivity contribution is 5.86. The zero-order chi connectivity index (χ0) is 18.7. The van der Waals surface area contributed by atoms with E-state index in [1.165, 1.54) is 0 Å². The molecule has 2 atom stereocenters. The highest BCUT2D eigenvalue weighted by atomic mass is 16.6. The van der Waals surface area contributed by atoms with E-state index in [1.807, 2.05) is 45.0 Å². The monoisotopic (exact) mass is 360 g/mol.